The Morgan fingerprint density at radius 2 is 1.80 bits per heavy atom. The number of amides is 1. The minimum atomic E-state index is -0.393. The van der Waals surface area contributed by atoms with Crippen molar-refractivity contribution in [3.63, 3.8) is 0 Å². The van der Waals surface area contributed by atoms with Crippen molar-refractivity contribution in [2.24, 2.45) is 0 Å². The average molecular weight is 343 g/mol. The molecule has 1 N–H and O–H groups in total. The maximum absolute atomic E-state index is 12.9. The molecule has 25 heavy (non-hydrogen) atoms. The lowest BCUT2D eigenvalue weighted by Crippen LogP contribution is -2.27. The van der Waals surface area contributed by atoms with E-state index in [9.17, 15) is 14.0 Å². The van der Waals surface area contributed by atoms with Crippen LogP contribution in [0.1, 0.15) is 47.3 Å². The van der Waals surface area contributed by atoms with E-state index in [0.717, 1.165) is 11.1 Å². The topological polar surface area (TPSA) is 55.4 Å². The van der Waals surface area contributed by atoms with Crippen molar-refractivity contribution in [1.29, 1.82) is 0 Å². The number of aryl methyl sites for hydroxylation is 1. The second-order valence-corrected chi connectivity index (χ2v) is 5.96. The van der Waals surface area contributed by atoms with Gasteiger partial charge in [-0.1, -0.05) is 17.7 Å². The molecule has 0 bridgehead atoms. The quantitative estimate of drug-likeness (QED) is 0.774. The Bertz CT molecular complexity index is 756. The fourth-order valence-corrected chi connectivity index (χ4v) is 2.59. The maximum Gasteiger partial charge on any atom is 0.220 e. The number of Topliss-reactive ketones (excluding diaryl/α,β-unsaturated/α-hetero) is 1. The molecule has 0 radical (unpaired) electrons. The number of rotatable bonds is 7. The number of halogens is 1. The van der Waals surface area contributed by atoms with Crippen LogP contribution in [0.2, 0.25) is 0 Å². The van der Waals surface area contributed by atoms with E-state index in [-0.39, 0.29) is 30.6 Å². The molecule has 0 aliphatic heterocycles. The zero-order valence-electron chi connectivity index (χ0n) is 14.6. The third-order valence-corrected chi connectivity index (χ3v) is 3.97. The molecule has 5 heteroatoms. The minimum absolute atomic E-state index is 0.0781. The van der Waals surface area contributed by atoms with Crippen molar-refractivity contribution in [2.45, 2.75) is 32.7 Å². The van der Waals surface area contributed by atoms with Gasteiger partial charge in [0.2, 0.25) is 5.91 Å². The fourth-order valence-electron chi connectivity index (χ4n) is 2.59. The van der Waals surface area contributed by atoms with Crippen molar-refractivity contribution < 1.29 is 18.7 Å². The summed E-state index contributed by atoms with van der Waals surface area (Å²) in [6.45, 7) is 3.84. The smallest absolute Gasteiger partial charge is 0.220 e. The van der Waals surface area contributed by atoms with Gasteiger partial charge >= 0.3 is 0 Å². The van der Waals surface area contributed by atoms with E-state index in [0.29, 0.717) is 11.3 Å². The number of ether oxygens (including phenoxy) is 1. The summed E-state index contributed by atoms with van der Waals surface area (Å²) in [6, 6.07) is 10.9. The normalized spacial score (nSPS) is 11.7. The Morgan fingerprint density at radius 1 is 1.12 bits per heavy atom. The van der Waals surface area contributed by atoms with E-state index in [2.05, 4.69) is 5.32 Å². The molecular weight excluding hydrogens is 321 g/mol. The summed E-state index contributed by atoms with van der Waals surface area (Å²) < 4.78 is 18.2. The first-order valence-electron chi connectivity index (χ1n) is 8.13. The average Bonchev–Trinajstić information content (AvgIpc) is 2.60. The first kappa shape index (κ1) is 18.6. The molecule has 0 aliphatic rings. The van der Waals surface area contributed by atoms with Crippen LogP contribution in [0.3, 0.4) is 0 Å². The van der Waals surface area contributed by atoms with Crippen molar-refractivity contribution in [3.8, 4) is 5.75 Å². The highest BCUT2D eigenvalue weighted by molar-refractivity contribution is 5.97. The van der Waals surface area contributed by atoms with Crippen LogP contribution in [-0.2, 0) is 4.79 Å². The lowest BCUT2D eigenvalue weighted by atomic mass is 10.0. The van der Waals surface area contributed by atoms with Gasteiger partial charge in [-0.15, -0.1) is 0 Å². The van der Waals surface area contributed by atoms with Gasteiger partial charge in [-0.25, -0.2) is 4.39 Å². The van der Waals surface area contributed by atoms with Gasteiger partial charge in [-0.05, 0) is 44.2 Å². The molecule has 2 aromatic carbocycles. The Kier molecular flexibility index (Phi) is 6.28. The molecule has 0 aliphatic carbocycles. The molecule has 0 aromatic heterocycles. The third kappa shape index (κ3) is 5.14. The van der Waals surface area contributed by atoms with E-state index in [1.54, 1.807) is 7.11 Å². The van der Waals surface area contributed by atoms with E-state index in [4.69, 9.17) is 4.74 Å². The Hall–Kier alpha value is -2.69. The summed E-state index contributed by atoms with van der Waals surface area (Å²) in [5, 5.41) is 2.88. The van der Waals surface area contributed by atoms with Gasteiger partial charge < -0.3 is 10.1 Å². The Morgan fingerprint density at radius 3 is 2.44 bits per heavy atom. The van der Waals surface area contributed by atoms with Crippen molar-refractivity contribution in [2.75, 3.05) is 7.11 Å². The molecule has 1 amide bonds. The molecule has 0 unspecified atom stereocenters. The van der Waals surface area contributed by atoms with Gasteiger partial charge in [-0.2, -0.15) is 0 Å². The molecule has 2 rings (SSSR count). The van der Waals surface area contributed by atoms with Crippen molar-refractivity contribution in [3.05, 3.63) is 65.0 Å². The molecule has 0 fully saturated rings. The van der Waals surface area contributed by atoms with Crippen LogP contribution in [0.5, 0.6) is 5.75 Å². The maximum atomic E-state index is 12.9. The van der Waals surface area contributed by atoms with Crippen LogP contribution in [0.15, 0.2) is 42.5 Å². The summed E-state index contributed by atoms with van der Waals surface area (Å²) in [5.41, 5.74) is 2.37. The van der Waals surface area contributed by atoms with E-state index < -0.39 is 5.82 Å². The predicted molar refractivity (Wildman–Crippen MR) is 94.3 cm³/mol. The highest BCUT2D eigenvalue weighted by Crippen LogP contribution is 2.26. The number of nitrogens with one attached hydrogen (secondary N) is 1. The molecule has 0 heterocycles. The number of methoxy groups -OCH3 is 1. The van der Waals surface area contributed by atoms with Crippen LogP contribution < -0.4 is 10.1 Å². The lowest BCUT2D eigenvalue weighted by molar-refractivity contribution is -0.121. The molecule has 0 saturated carbocycles. The van der Waals surface area contributed by atoms with Crippen LogP contribution in [0, 0.1) is 12.7 Å². The van der Waals surface area contributed by atoms with Gasteiger partial charge in [0.1, 0.15) is 11.6 Å². The number of carbonyl (C=O) groups excluding carboxylic acids is 2. The summed E-state index contributed by atoms with van der Waals surface area (Å²) in [5.74, 6) is -0.0848. The largest absolute Gasteiger partial charge is 0.496 e. The third-order valence-electron chi connectivity index (χ3n) is 3.97. The summed E-state index contributed by atoms with van der Waals surface area (Å²) >= 11 is 0. The zero-order valence-corrected chi connectivity index (χ0v) is 14.6. The summed E-state index contributed by atoms with van der Waals surface area (Å²) in [7, 11) is 1.59. The summed E-state index contributed by atoms with van der Waals surface area (Å²) in [6.07, 6.45) is 0.157. The van der Waals surface area contributed by atoms with E-state index >= 15 is 0 Å². The van der Waals surface area contributed by atoms with Crippen molar-refractivity contribution >= 4 is 11.7 Å². The van der Waals surface area contributed by atoms with Gasteiger partial charge in [0.05, 0.1) is 13.2 Å². The first-order valence-corrected chi connectivity index (χ1v) is 8.13. The van der Waals surface area contributed by atoms with Gasteiger partial charge in [-0.3, -0.25) is 9.59 Å². The highest BCUT2D eigenvalue weighted by atomic mass is 19.1. The SMILES string of the molecule is COc1ccc(C)cc1[C@H](C)NC(=O)CCC(=O)c1ccc(F)cc1. The molecular formula is C20H22FNO3. The van der Waals surface area contributed by atoms with Crippen molar-refractivity contribution in [1.82, 2.24) is 5.32 Å². The Balaban J connectivity index is 1.92. The number of hydrogen-bond donors (Lipinski definition) is 1. The molecule has 0 saturated heterocycles. The van der Waals surface area contributed by atoms with Crippen LogP contribution in [0.25, 0.3) is 0 Å². The number of ketones is 1. The standard InChI is InChI=1S/C20H22FNO3/c1-13-4-10-19(25-3)17(12-13)14(2)22-20(24)11-9-18(23)15-5-7-16(21)8-6-15/h4-8,10,12,14H,9,11H2,1-3H3,(H,22,24)/t14-/m0/s1. The molecule has 2 aromatic rings. The second-order valence-electron chi connectivity index (χ2n) is 5.96. The highest BCUT2D eigenvalue weighted by Gasteiger charge is 2.15. The molecule has 4 nitrogen and oxygen atoms in total. The molecule has 1 atom stereocenters. The van der Waals surface area contributed by atoms with Crippen LogP contribution in [0.4, 0.5) is 4.39 Å². The van der Waals surface area contributed by atoms with Gasteiger partial charge in [0, 0.05) is 24.0 Å². The van der Waals surface area contributed by atoms with E-state index in [1.165, 1.54) is 24.3 Å². The first-order chi connectivity index (χ1) is 11.9. The molecule has 132 valence electrons. The minimum Gasteiger partial charge on any atom is -0.496 e. The monoisotopic (exact) mass is 343 g/mol. The van der Waals surface area contributed by atoms with E-state index in [1.807, 2.05) is 32.0 Å². The van der Waals surface area contributed by atoms with Crippen LogP contribution in [-0.4, -0.2) is 18.8 Å². The number of benzene rings is 2. The van der Waals surface area contributed by atoms with Crippen LogP contribution >= 0.6 is 0 Å². The summed E-state index contributed by atoms with van der Waals surface area (Å²) in [4.78, 5) is 24.2. The molecule has 0 spiro atoms. The predicted octanol–water partition coefficient (Wildman–Crippen LogP) is 3.98. The number of carbonyl (C=O) groups is 2. The Labute approximate surface area is 147 Å². The zero-order chi connectivity index (χ0) is 18.4. The second kappa shape index (κ2) is 8.42. The fraction of sp³-hybridized carbons (Fsp3) is 0.300. The van der Waals surface area contributed by atoms with Gasteiger partial charge in [0.15, 0.2) is 5.78 Å². The number of hydrogen-bond acceptors (Lipinski definition) is 3. The van der Waals surface area contributed by atoms with Gasteiger partial charge in [0.25, 0.3) is 0 Å². The lowest BCUT2D eigenvalue weighted by Gasteiger charge is -2.18.